The number of pyridine rings is 1. The van der Waals surface area contributed by atoms with Crippen LogP contribution >= 0.6 is 0 Å². The van der Waals surface area contributed by atoms with E-state index in [-0.39, 0.29) is 17.5 Å². The summed E-state index contributed by atoms with van der Waals surface area (Å²) < 4.78 is 0. The fraction of sp³-hybridized carbons (Fsp3) is 0.440. The average Bonchev–Trinajstić information content (AvgIpc) is 3.43. The number of aromatic amines is 1. The molecule has 0 bridgehead atoms. The van der Waals surface area contributed by atoms with E-state index in [1.807, 2.05) is 18.2 Å². The molecule has 2 atom stereocenters. The molecule has 1 unspecified atom stereocenters. The van der Waals surface area contributed by atoms with Crippen LogP contribution in [0.25, 0.3) is 11.0 Å². The van der Waals surface area contributed by atoms with Crippen molar-refractivity contribution in [1.29, 1.82) is 0 Å². The number of carbonyl (C=O) groups is 1. The first-order valence-electron chi connectivity index (χ1n) is 11.3. The smallest absolute Gasteiger partial charge is 0.270 e. The normalized spacial score (nSPS) is 22.7. The standard InChI is InChI=1S/C25H30N4O/c1-2-29(24(30)23-17-22-21(27-23)12-7-15-26-22)20-11-6-10-19(16-20)28-25(13-14-25)18-8-4-3-5-9-18/h3-5,7-9,12,15,17,19-20,27-28H,2,6,10-11,13-14,16H2,1H3/t19?,20-/m0/s1. The number of hydrogen-bond donors (Lipinski definition) is 2. The number of carbonyl (C=O) groups excluding carboxylic acids is 1. The molecule has 2 aliphatic carbocycles. The number of aromatic nitrogens is 2. The summed E-state index contributed by atoms with van der Waals surface area (Å²) in [6.07, 6.45) is 8.62. The SMILES string of the molecule is CCN(C(=O)c1cc2ncccc2[nH]1)[C@H]1CCCC(NC2(c3ccccc3)CC2)C1. The van der Waals surface area contributed by atoms with E-state index in [1.54, 1.807) is 6.20 Å². The predicted octanol–water partition coefficient (Wildman–Crippen LogP) is 4.62. The van der Waals surface area contributed by atoms with Gasteiger partial charge in [0.05, 0.1) is 11.0 Å². The molecule has 30 heavy (non-hydrogen) atoms. The van der Waals surface area contributed by atoms with E-state index in [9.17, 15) is 4.79 Å². The largest absolute Gasteiger partial charge is 0.349 e. The Balaban J connectivity index is 1.30. The van der Waals surface area contributed by atoms with Crippen molar-refractivity contribution in [2.75, 3.05) is 6.54 Å². The van der Waals surface area contributed by atoms with E-state index in [1.165, 1.54) is 24.8 Å². The zero-order valence-electron chi connectivity index (χ0n) is 17.6. The van der Waals surface area contributed by atoms with Gasteiger partial charge in [0, 0.05) is 30.4 Å². The van der Waals surface area contributed by atoms with E-state index in [2.05, 4.69) is 57.4 Å². The molecule has 2 fully saturated rings. The van der Waals surface area contributed by atoms with Gasteiger partial charge in [-0.3, -0.25) is 9.78 Å². The van der Waals surface area contributed by atoms with E-state index < -0.39 is 0 Å². The molecule has 156 valence electrons. The highest BCUT2D eigenvalue weighted by Gasteiger charge is 2.46. The Morgan fingerprint density at radius 1 is 1.20 bits per heavy atom. The van der Waals surface area contributed by atoms with Crippen molar-refractivity contribution in [3.8, 4) is 0 Å². The molecule has 5 rings (SSSR count). The van der Waals surface area contributed by atoms with Crippen molar-refractivity contribution in [1.82, 2.24) is 20.2 Å². The van der Waals surface area contributed by atoms with Crippen molar-refractivity contribution >= 4 is 16.9 Å². The van der Waals surface area contributed by atoms with Gasteiger partial charge in [0.2, 0.25) is 0 Å². The number of nitrogens with one attached hydrogen (secondary N) is 2. The second kappa shape index (κ2) is 7.88. The van der Waals surface area contributed by atoms with Crippen LogP contribution < -0.4 is 5.32 Å². The first-order valence-corrected chi connectivity index (χ1v) is 11.3. The number of nitrogens with zero attached hydrogens (tertiary/aromatic N) is 2. The molecule has 3 aromatic rings. The molecule has 2 aromatic heterocycles. The Bertz CT molecular complexity index is 991. The van der Waals surface area contributed by atoms with Crippen LogP contribution in [0, 0.1) is 0 Å². The summed E-state index contributed by atoms with van der Waals surface area (Å²) in [4.78, 5) is 23.0. The maximum atomic E-state index is 13.3. The minimum absolute atomic E-state index is 0.0883. The fourth-order valence-electron chi connectivity index (χ4n) is 5.16. The first-order chi connectivity index (χ1) is 14.7. The Hall–Kier alpha value is -2.66. The first kappa shape index (κ1) is 19.3. The Morgan fingerprint density at radius 3 is 2.77 bits per heavy atom. The van der Waals surface area contributed by atoms with Crippen molar-refractivity contribution in [2.45, 2.75) is 63.1 Å². The van der Waals surface area contributed by atoms with E-state index in [4.69, 9.17) is 0 Å². The maximum Gasteiger partial charge on any atom is 0.270 e. The summed E-state index contributed by atoms with van der Waals surface area (Å²) >= 11 is 0. The van der Waals surface area contributed by atoms with Gasteiger partial charge in [-0.1, -0.05) is 30.3 Å². The lowest BCUT2D eigenvalue weighted by Gasteiger charge is -2.38. The fourth-order valence-corrected chi connectivity index (χ4v) is 5.16. The number of benzene rings is 1. The highest BCUT2D eigenvalue weighted by Crippen LogP contribution is 2.46. The third-order valence-electron chi connectivity index (χ3n) is 6.86. The molecule has 2 N–H and O–H groups in total. The number of amides is 1. The van der Waals surface area contributed by atoms with Crippen LogP contribution in [0.5, 0.6) is 0 Å². The highest BCUT2D eigenvalue weighted by molar-refractivity contribution is 5.97. The van der Waals surface area contributed by atoms with Gasteiger partial charge >= 0.3 is 0 Å². The van der Waals surface area contributed by atoms with Gasteiger partial charge in [0.1, 0.15) is 5.69 Å². The molecule has 2 heterocycles. The lowest BCUT2D eigenvalue weighted by molar-refractivity contribution is 0.0618. The number of fused-ring (bicyclic) bond motifs is 1. The zero-order valence-corrected chi connectivity index (χ0v) is 17.6. The van der Waals surface area contributed by atoms with Gasteiger partial charge in [-0.2, -0.15) is 0 Å². The minimum Gasteiger partial charge on any atom is -0.349 e. The van der Waals surface area contributed by atoms with Crippen LogP contribution in [-0.2, 0) is 5.54 Å². The van der Waals surface area contributed by atoms with Crippen LogP contribution in [0.4, 0.5) is 0 Å². The summed E-state index contributed by atoms with van der Waals surface area (Å²) in [5.74, 6) is 0.0883. The summed E-state index contributed by atoms with van der Waals surface area (Å²) in [7, 11) is 0. The highest BCUT2D eigenvalue weighted by atomic mass is 16.2. The molecule has 5 heteroatoms. The molecule has 0 spiro atoms. The number of H-pyrrole nitrogens is 1. The average molecular weight is 403 g/mol. The maximum absolute atomic E-state index is 13.3. The van der Waals surface area contributed by atoms with Crippen LogP contribution in [0.3, 0.4) is 0 Å². The lowest BCUT2D eigenvalue weighted by Crippen LogP contribution is -2.49. The number of rotatable bonds is 6. The summed E-state index contributed by atoms with van der Waals surface area (Å²) in [5, 5.41) is 3.98. The third kappa shape index (κ3) is 3.63. The molecule has 1 aromatic carbocycles. The molecule has 2 aliphatic rings. The van der Waals surface area contributed by atoms with E-state index in [0.717, 1.165) is 36.8 Å². The summed E-state index contributed by atoms with van der Waals surface area (Å²) in [6.45, 7) is 2.81. The van der Waals surface area contributed by atoms with Gasteiger partial charge in [0.15, 0.2) is 0 Å². The number of hydrogen-bond acceptors (Lipinski definition) is 3. The van der Waals surface area contributed by atoms with Crippen molar-refractivity contribution < 1.29 is 4.79 Å². The molecule has 5 nitrogen and oxygen atoms in total. The van der Waals surface area contributed by atoms with Crippen molar-refractivity contribution in [3.05, 3.63) is 66.0 Å². The summed E-state index contributed by atoms with van der Waals surface area (Å²) in [6, 6.07) is 17.3. The van der Waals surface area contributed by atoms with Crippen LogP contribution in [-0.4, -0.2) is 39.4 Å². The monoisotopic (exact) mass is 402 g/mol. The minimum atomic E-state index is 0.0883. The Kier molecular flexibility index (Phi) is 5.07. The van der Waals surface area contributed by atoms with Gasteiger partial charge in [-0.25, -0.2) is 0 Å². The second-order valence-corrected chi connectivity index (χ2v) is 8.82. The molecule has 0 radical (unpaired) electrons. The van der Waals surface area contributed by atoms with Gasteiger partial charge in [-0.05, 0) is 69.2 Å². The lowest BCUT2D eigenvalue weighted by atomic mass is 9.88. The molecule has 0 saturated heterocycles. The van der Waals surface area contributed by atoms with Crippen molar-refractivity contribution in [2.24, 2.45) is 0 Å². The van der Waals surface area contributed by atoms with Gasteiger partial charge in [-0.15, -0.1) is 0 Å². The molecule has 2 saturated carbocycles. The van der Waals surface area contributed by atoms with Gasteiger partial charge in [0.25, 0.3) is 5.91 Å². The van der Waals surface area contributed by atoms with Gasteiger partial charge < -0.3 is 15.2 Å². The predicted molar refractivity (Wildman–Crippen MR) is 119 cm³/mol. The summed E-state index contributed by atoms with van der Waals surface area (Å²) in [5.41, 5.74) is 3.96. The molecular formula is C25H30N4O. The molecule has 0 aliphatic heterocycles. The third-order valence-corrected chi connectivity index (χ3v) is 6.86. The zero-order chi connectivity index (χ0) is 20.6. The molecule has 1 amide bonds. The van der Waals surface area contributed by atoms with E-state index >= 15 is 0 Å². The Labute approximate surface area is 177 Å². The second-order valence-electron chi connectivity index (χ2n) is 8.82. The topological polar surface area (TPSA) is 61.0 Å². The van der Waals surface area contributed by atoms with Crippen LogP contribution in [0.2, 0.25) is 0 Å². The quantitative estimate of drug-likeness (QED) is 0.633. The van der Waals surface area contributed by atoms with E-state index in [0.29, 0.717) is 11.7 Å². The molecular weight excluding hydrogens is 372 g/mol. The van der Waals surface area contributed by atoms with Crippen molar-refractivity contribution in [3.63, 3.8) is 0 Å². The Morgan fingerprint density at radius 2 is 2.03 bits per heavy atom. The van der Waals surface area contributed by atoms with Crippen LogP contribution in [0.15, 0.2) is 54.7 Å². The van der Waals surface area contributed by atoms with Crippen LogP contribution in [0.1, 0.15) is 61.5 Å².